The van der Waals surface area contributed by atoms with Crippen molar-refractivity contribution in [2.24, 2.45) is 0 Å². The van der Waals surface area contributed by atoms with Gasteiger partial charge in [-0.05, 0) is 55.7 Å². The highest BCUT2D eigenvalue weighted by molar-refractivity contribution is 6.31. The van der Waals surface area contributed by atoms with Crippen LogP contribution in [0.2, 0.25) is 5.15 Å². The predicted octanol–water partition coefficient (Wildman–Crippen LogP) is 3.84. The average Bonchev–Trinajstić information content (AvgIpc) is 3.31. The largest absolute Gasteiger partial charge is 0.388 e. The van der Waals surface area contributed by atoms with E-state index in [2.05, 4.69) is 10.3 Å². The summed E-state index contributed by atoms with van der Waals surface area (Å²) in [7, 11) is 0. The third-order valence-electron chi connectivity index (χ3n) is 8.10. The van der Waals surface area contributed by atoms with Crippen LogP contribution in [0.5, 0.6) is 0 Å². The molecule has 2 fully saturated rings. The van der Waals surface area contributed by atoms with Gasteiger partial charge in [-0.25, -0.2) is 13.8 Å². The Bertz CT molecular complexity index is 1690. The number of likely N-dealkylation sites (tertiary alicyclic amines) is 1. The predicted molar refractivity (Wildman–Crippen MR) is 153 cm³/mol. The van der Waals surface area contributed by atoms with Gasteiger partial charge < -0.3 is 20.1 Å². The van der Waals surface area contributed by atoms with Gasteiger partial charge >= 0.3 is 0 Å². The summed E-state index contributed by atoms with van der Waals surface area (Å²) in [6, 6.07) is 12.3. The molecule has 2 N–H and O–H groups in total. The second-order valence-corrected chi connectivity index (χ2v) is 11.4. The third kappa shape index (κ3) is 5.45. The third-order valence-corrected chi connectivity index (χ3v) is 8.38. The molecule has 42 heavy (non-hydrogen) atoms. The molecule has 6 rings (SSSR count). The zero-order valence-corrected chi connectivity index (χ0v) is 23.7. The zero-order valence-electron chi connectivity index (χ0n) is 22.9. The van der Waals surface area contributed by atoms with Crippen LogP contribution in [0.1, 0.15) is 41.7 Å². The Morgan fingerprint density at radius 3 is 2.57 bits per heavy atom. The summed E-state index contributed by atoms with van der Waals surface area (Å²) in [4.78, 5) is 32.1. The van der Waals surface area contributed by atoms with E-state index in [0.717, 1.165) is 29.9 Å². The van der Waals surface area contributed by atoms with Gasteiger partial charge in [0, 0.05) is 31.4 Å². The van der Waals surface area contributed by atoms with E-state index < -0.39 is 23.1 Å². The molecule has 2 aromatic heterocycles. The van der Waals surface area contributed by atoms with E-state index >= 15 is 0 Å². The summed E-state index contributed by atoms with van der Waals surface area (Å²) in [5.74, 6) is -2.27. The molecule has 0 bridgehead atoms. The molecule has 0 unspecified atom stereocenters. The number of amides is 1. The van der Waals surface area contributed by atoms with Gasteiger partial charge in [0.15, 0.2) is 5.65 Å². The molecule has 4 heterocycles. The second-order valence-electron chi connectivity index (χ2n) is 11.1. The first-order chi connectivity index (χ1) is 20.1. The molecule has 0 aliphatic carbocycles. The van der Waals surface area contributed by atoms with E-state index in [9.17, 15) is 23.5 Å². The van der Waals surface area contributed by atoms with Crippen molar-refractivity contribution < 1.29 is 23.4 Å². The number of halogens is 3. The zero-order chi connectivity index (χ0) is 29.6. The molecule has 0 spiro atoms. The molecule has 4 aromatic rings. The van der Waals surface area contributed by atoms with Crippen molar-refractivity contribution in [1.29, 1.82) is 0 Å². The van der Waals surface area contributed by atoms with Gasteiger partial charge in [0.2, 0.25) is 0 Å². The fourth-order valence-electron chi connectivity index (χ4n) is 5.64. The Labute approximate surface area is 245 Å². The summed E-state index contributed by atoms with van der Waals surface area (Å²) in [5.41, 5.74) is 0.372. The SMILES string of the molecule is C[C@H]1CN[C@H](c2ccc(-n3c(Cl)cc4c(=O)n(CC5(O)CCN(C(=O)c6ccc(F)cc6F)CC5)cnc43)cc2)CO1. The van der Waals surface area contributed by atoms with Gasteiger partial charge in [0.1, 0.15) is 23.1 Å². The summed E-state index contributed by atoms with van der Waals surface area (Å²) in [5, 5.41) is 15.4. The number of nitrogens with zero attached hydrogens (tertiary/aromatic N) is 4. The number of ether oxygens (including phenoxy) is 1. The Kier molecular flexibility index (Phi) is 7.61. The van der Waals surface area contributed by atoms with Crippen LogP contribution in [0.25, 0.3) is 16.7 Å². The number of benzene rings is 2. The van der Waals surface area contributed by atoms with Crippen LogP contribution < -0.4 is 10.9 Å². The lowest BCUT2D eigenvalue weighted by atomic mass is 9.91. The number of aromatic nitrogens is 3. The van der Waals surface area contributed by atoms with Crippen LogP contribution in [0.15, 0.2) is 59.7 Å². The number of nitrogens with one attached hydrogen (secondary N) is 1. The second kappa shape index (κ2) is 11.2. The lowest BCUT2D eigenvalue weighted by Crippen LogP contribution is -2.49. The van der Waals surface area contributed by atoms with Crippen molar-refractivity contribution in [3.63, 3.8) is 0 Å². The number of morpholine rings is 1. The van der Waals surface area contributed by atoms with Crippen LogP contribution in [0.3, 0.4) is 0 Å². The van der Waals surface area contributed by atoms with Crippen molar-refractivity contribution in [2.75, 3.05) is 26.2 Å². The molecular weight excluding hydrogens is 568 g/mol. The van der Waals surface area contributed by atoms with E-state index in [1.807, 2.05) is 31.2 Å². The first-order valence-electron chi connectivity index (χ1n) is 13.8. The maximum atomic E-state index is 14.1. The molecule has 12 heteroatoms. The first-order valence-corrected chi connectivity index (χ1v) is 14.2. The van der Waals surface area contributed by atoms with Gasteiger partial charge in [-0.1, -0.05) is 23.7 Å². The van der Waals surface area contributed by atoms with Gasteiger partial charge in [0.05, 0.1) is 41.8 Å². The van der Waals surface area contributed by atoms with Crippen molar-refractivity contribution in [3.05, 3.63) is 93.1 Å². The number of rotatable bonds is 5. The smallest absolute Gasteiger partial charge is 0.262 e. The van der Waals surface area contributed by atoms with Crippen molar-refractivity contribution in [2.45, 2.75) is 44.1 Å². The Balaban J connectivity index is 1.17. The Hall–Kier alpha value is -3.64. The molecule has 220 valence electrons. The van der Waals surface area contributed by atoms with Crippen LogP contribution in [-0.2, 0) is 11.3 Å². The monoisotopic (exact) mass is 597 g/mol. The summed E-state index contributed by atoms with van der Waals surface area (Å²) >= 11 is 6.57. The van der Waals surface area contributed by atoms with Gasteiger partial charge in [-0.2, -0.15) is 0 Å². The minimum atomic E-state index is -1.28. The molecule has 9 nitrogen and oxygen atoms in total. The molecular formula is C30H30ClF2N5O4. The van der Waals surface area contributed by atoms with E-state index in [1.165, 1.54) is 15.8 Å². The Morgan fingerprint density at radius 2 is 1.90 bits per heavy atom. The number of fused-ring (bicyclic) bond motifs is 1. The molecule has 2 aliphatic rings. The summed E-state index contributed by atoms with van der Waals surface area (Å²) in [6.45, 7) is 3.65. The van der Waals surface area contributed by atoms with E-state index in [1.54, 1.807) is 10.6 Å². The molecule has 2 aromatic carbocycles. The fourth-order valence-corrected chi connectivity index (χ4v) is 5.92. The number of hydrogen-bond donors (Lipinski definition) is 2. The van der Waals surface area contributed by atoms with Gasteiger partial charge in [-0.15, -0.1) is 0 Å². The number of hydrogen-bond acceptors (Lipinski definition) is 6. The molecule has 1 amide bonds. The van der Waals surface area contributed by atoms with E-state index in [4.69, 9.17) is 16.3 Å². The first kappa shape index (κ1) is 28.5. The van der Waals surface area contributed by atoms with Crippen LogP contribution in [0.4, 0.5) is 8.78 Å². The summed E-state index contributed by atoms with van der Waals surface area (Å²) < 4.78 is 36.2. The highest BCUT2D eigenvalue weighted by Gasteiger charge is 2.35. The highest BCUT2D eigenvalue weighted by Crippen LogP contribution is 2.28. The van der Waals surface area contributed by atoms with Gasteiger partial charge in [0.25, 0.3) is 11.5 Å². The standard InChI is InChI=1S/C30H30ClF2N5O4/c1-18-14-34-25(15-42-18)19-2-5-21(6-3-19)38-26(31)13-23-27(38)35-17-37(29(23)40)16-30(41)8-10-36(11-9-30)28(39)22-7-4-20(32)12-24(22)33/h2-7,12-13,17-18,25,34,41H,8-11,14-16H2,1H3/t18-,25-/m0/s1. The van der Waals surface area contributed by atoms with Crippen LogP contribution in [0, 0.1) is 11.6 Å². The summed E-state index contributed by atoms with van der Waals surface area (Å²) in [6.07, 6.45) is 1.90. The topological polar surface area (TPSA) is 102 Å². The van der Waals surface area contributed by atoms with Crippen molar-refractivity contribution >= 4 is 28.5 Å². The average molecular weight is 598 g/mol. The van der Waals surface area contributed by atoms with Crippen LogP contribution in [-0.4, -0.2) is 68.0 Å². The maximum Gasteiger partial charge on any atom is 0.262 e. The van der Waals surface area contributed by atoms with Crippen molar-refractivity contribution in [3.8, 4) is 5.69 Å². The number of aliphatic hydroxyl groups is 1. The number of carbonyl (C=O) groups excluding carboxylic acids is 1. The molecule has 2 aliphatic heterocycles. The number of piperidine rings is 1. The van der Waals surface area contributed by atoms with Crippen LogP contribution >= 0.6 is 11.6 Å². The molecule has 2 saturated heterocycles. The molecule has 0 radical (unpaired) electrons. The van der Waals surface area contributed by atoms with Crippen molar-refractivity contribution in [1.82, 2.24) is 24.3 Å². The minimum absolute atomic E-state index is 0.0334. The molecule has 0 saturated carbocycles. The lowest BCUT2D eigenvalue weighted by Gasteiger charge is -2.38. The van der Waals surface area contributed by atoms with E-state index in [-0.39, 0.29) is 55.7 Å². The Morgan fingerprint density at radius 1 is 1.17 bits per heavy atom. The quantitative estimate of drug-likeness (QED) is 0.363. The van der Waals surface area contributed by atoms with Gasteiger partial charge in [-0.3, -0.25) is 18.7 Å². The van der Waals surface area contributed by atoms with E-state index in [0.29, 0.717) is 28.9 Å². The highest BCUT2D eigenvalue weighted by atomic mass is 35.5. The minimum Gasteiger partial charge on any atom is -0.388 e. The number of carbonyl (C=O) groups is 1. The fraction of sp³-hybridized carbons (Fsp3) is 0.367. The normalized spacial score (nSPS) is 20.6. The molecule has 2 atom stereocenters. The lowest BCUT2D eigenvalue weighted by molar-refractivity contribution is -0.0300. The maximum absolute atomic E-state index is 14.1.